The standard InChI is InChI=1S/C13H17ClN4O/c1-4-16-12-5-10(11(14)7-17-12)13(19)18(3)8-9(2)6-15/h5,7,9H,4,8H2,1-3H3,(H,16,17). The van der Waals surface area contributed by atoms with Crippen LogP contribution < -0.4 is 5.32 Å². The zero-order chi connectivity index (χ0) is 14.4. The monoisotopic (exact) mass is 280 g/mol. The highest BCUT2D eigenvalue weighted by molar-refractivity contribution is 6.33. The largest absolute Gasteiger partial charge is 0.370 e. The van der Waals surface area contributed by atoms with Crippen LogP contribution in [-0.2, 0) is 0 Å². The predicted molar refractivity (Wildman–Crippen MR) is 75.1 cm³/mol. The summed E-state index contributed by atoms with van der Waals surface area (Å²) in [5, 5.41) is 12.1. The summed E-state index contributed by atoms with van der Waals surface area (Å²) in [6, 6.07) is 3.72. The van der Waals surface area contributed by atoms with Gasteiger partial charge < -0.3 is 10.2 Å². The van der Waals surface area contributed by atoms with Crippen LogP contribution in [0.3, 0.4) is 0 Å². The van der Waals surface area contributed by atoms with Crippen molar-refractivity contribution in [2.24, 2.45) is 5.92 Å². The van der Waals surface area contributed by atoms with E-state index in [1.165, 1.54) is 11.1 Å². The number of anilines is 1. The lowest BCUT2D eigenvalue weighted by Gasteiger charge is -2.19. The molecule has 0 aliphatic rings. The molecule has 1 rings (SSSR count). The first-order chi connectivity index (χ1) is 8.99. The first-order valence-electron chi connectivity index (χ1n) is 6.04. The molecule has 1 atom stereocenters. The van der Waals surface area contributed by atoms with Crippen LogP contribution in [0.4, 0.5) is 5.82 Å². The van der Waals surface area contributed by atoms with Gasteiger partial charge in [-0.25, -0.2) is 4.98 Å². The van der Waals surface area contributed by atoms with Crippen LogP contribution in [-0.4, -0.2) is 35.9 Å². The average molecular weight is 281 g/mol. The fourth-order valence-electron chi connectivity index (χ4n) is 1.62. The van der Waals surface area contributed by atoms with Crippen LogP contribution in [0.2, 0.25) is 5.02 Å². The molecule has 0 bridgehead atoms. The third-order valence-corrected chi connectivity index (χ3v) is 2.86. The first kappa shape index (κ1) is 15.3. The Balaban J connectivity index is 2.92. The maximum Gasteiger partial charge on any atom is 0.255 e. The summed E-state index contributed by atoms with van der Waals surface area (Å²) in [5.74, 6) is 0.174. The maximum absolute atomic E-state index is 12.2. The van der Waals surface area contributed by atoms with Crippen molar-refractivity contribution in [2.45, 2.75) is 13.8 Å². The summed E-state index contributed by atoms with van der Waals surface area (Å²) < 4.78 is 0. The van der Waals surface area contributed by atoms with Crippen molar-refractivity contribution in [2.75, 3.05) is 25.5 Å². The molecular weight excluding hydrogens is 264 g/mol. The first-order valence-corrected chi connectivity index (χ1v) is 6.41. The Bertz CT molecular complexity index is 498. The molecule has 1 N–H and O–H groups in total. The van der Waals surface area contributed by atoms with Gasteiger partial charge in [0.15, 0.2) is 0 Å². The molecule has 0 aromatic carbocycles. The SMILES string of the molecule is CCNc1cc(C(=O)N(C)CC(C)C#N)c(Cl)cn1. The molecule has 0 fully saturated rings. The lowest BCUT2D eigenvalue weighted by molar-refractivity contribution is 0.0785. The molecule has 1 aromatic heterocycles. The zero-order valence-corrected chi connectivity index (χ0v) is 12.0. The number of halogens is 1. The Hall–Kier alpha value is -1.80. The van der Waals surface area contributed by atoms with Crippen molar-refractivity contribution >= 4 is 23.3 Å². The van der Waals surface area contributed by atoms with Gasteiger partial charge in [0.05, 0.1) is 22.6 Å². The van der Waals surface area contributed by atoms with Gasteiger partial charge in [0.2, 0.25) is 0 Å². The Morgan fingerprint density at radius 3 is 2.95 bits per heavy atom. The number of carbonyl (C=O) groups is 1. The molecule has 19 heavy (non-hydrogen) atoms. The number of pyridine rings is 1. The Kier molecular flexibility index (Phi) is 5.58. The number of rotatable bonds is 5. The zero-order valence-electron chi connectivity index (χ0n) is 11.3. The normalized spacial score (nSPS) is 11.5. The Morgan fingerprint density at radius 2 is 2.37 bits per heavy atom. The second kappa shape index (κ2) is 6.95. The molecule has 0 aliphatic heterocycles. The third-order valence-electron chi connectivity index (χ3n) is 2.56. The average Bonchev–Trinajstić information content (AvgIpc) is 2.40. The van der Waals surface area contributed by atoms with Crippen LogP contribution in [0, 0.1) is 17.2 Å². The van der Waals surface area contributed by atoms with Crippen LogP contribution in [0.5, 0.6) is 0 Å². The molecule has 1 aromatic rings. The van der Waals surface area contributed by atoms with Crippen molar-refractivity contribution in [1.29, 1.82) is 5.26 Å². The number of hydrogen-bond acceptors (Lipinski definition) is 4. The summed E-state index contributed by atoms with van der Waals surface area (Å²) in [6.07, 6.45) is 1.45. The molecule has 1 amide bonds. The minimum Gasteiger partial charge on any atom is -0.370 e. The van der Waals surface area contributed by atoms with Gasteiger partial charge in [0.1, 0.15) is 5.82 Å². The number of nitrogens with zero attached hydrogens (tertiary/aromatic N) is 3. The summed E-state index contributed by atoms with van der Waals surface area (Å²) in [6.45, 7) is 4.79. The van der Waals surface area contributed by atoms with Crippen LogP contribution in [0.1, 0.15) is 24.2 Å². The number of nitriles is 1. The second-order valence-electron chi connectivity index (χ2n) is 4.30. The number of hydrogen-bond donors (Lipinski definition) is 1. The van der Waals surface area contributed by atoms with E-state index < -0.39 is 0 Å². The van der Waals surface area contributed by atoms with Gasteiger partial charge in [-0.2, -0.15) is 5.26 Å². The van der Waals surface area contributed by atoms with Gasteiger partial charge in [-0.3, -0.25) is 4.79 Å². The lowest BCUT2D eigenvalue weighted by Crippen LogP contribution is -2.31. The topological polar surface area (TPSA) is 69.0 Å². The van der Waals surface area contributed by atoms with Crippen LogP contribution >= 0.6 is 11.6 Å². The molecule has 0 aliphatic carbocycles. The molecule has 5 nitrogen and oxygen atoms in total. The molecule has 0 radical (unpaired) electrons. The van der Waals surface area contributed by atoms with E-state index in [4.69, 9.17) is 16.9 Å². The quantitative estimate of drug-likeness (QED) is 0.899. The van der Waals surface area contributed by atoms with Gasteiger partial charge >= 0.3 is 0 Å². The van der Waals surface area contributed by atoms with E-state index in [-0.39, 0.29) is 11.8 Å². The molecule has 1 unspecified atom stereocenters. The van der Waals surface area contributed by atoms with Gasteiger partial charge in [-0.1, -0.05) is 11.6 Å². The highest BCUT2D eigenvalue weighted by atomic mass is 35.5. The lowest BCUT2D eigenvalue weighted by atomic mass is 10.1. The van der Waals surface area contributed by atoms with Crippen LogP contribution in [0.15, 0.2) is 12.3 Å². The van der Waals surface area contributed by atoms with E-state index >= 15 is 0 Å². The number of nitrogens with one attached hydrogen (secondary N) is 1. The predicted octanol–water partition coefficient (Wildman–Crippen LogP) is 2.40. The van der Waals surface area contributed by atoms with Crippen molar-refractivity contribution in [3.8, 4) is 6.07 Å². The second-order valence-corrected chi connectivity index (χ2v) is 4.70. The van der Waals surface area contributed by atoms with E-state index in [1.54, 1.807) is 20.0 Å². The fourth-order valence-corrected chi connectivity index (χ4v) is 1.80. The van der Waals surface area contributed by atoms with E-state index in [1.807, 2.05) is 6.92 Å². The van der Waals surface area contributed by atoms with Gasteiger partial charge in [-0.05, 0) is 19.9 Å². The van der Waals surface area contributed by atoms with Crippen molar-refractivity contribution in [1.82, 2.24) is 9.88 Å². The molecule has 102 valence electrons. The smallest absolute Gasteiger partial charge is 0.255 e. The number of aromatic nitrogens is 1. The highest BCUT2D eigenvalue weighted by Crippen LogP contribution is 2.19. The van der Waals surface area contributed by atoms with Crippen LogP contribution in [0.25, 0.3) is 0 Å². The van der Waals surface area contributed by atoms with Crippen molar-refractivity contribution in [3.05, 3.63) is 22.8 Å². The number of carbonyl (C=O) groups excluding carboxylic acids is 1. The highest BCUT2D eigenvalue weighted by Gasteiger charge is 2.18. The summed E-state index contributed by atoms with van der Waals surface area (Å²) in [4.78, 5) is 17.8. The molecule has 0 spiro atoms. The summed E-state index contributed by atoms with van der Waals surface area (Å²) >= 11 is 6.00. The van der Waals surface area contributed by atoms with E-state index in [2.05, 4.69) is 16.4 Å². The van der Waals surface area contributed by atoms with Gasteiger partial charge in [-0.15, -0.1) is 0 Å². The molecule has 1 heterocycles. The number of amides is 1. The Labute approximate surface area is 118 Å². The summed E-state index contributed by atoms with van der Waals surface area (Å²) in [7, 11) is 1.65. The van der Waals surface area contributed by atoms with E-state index in [0.717, 1.165) is 0 Å². The Morgan fingerprint density at radius 1 is 1.68 bits per heavy atom. The van der Waals surface area contributed by atoms with Crippen molar-refractivity contribution < 1.29 is 4.79 Å². The van der Waals surface area contributed by atoms with Crippen molar-refractivity contribution in [3.63, 3.8) is 0 Å². The third kappa shape index (κ3) is 4.11. The van der Waals surface area contributed by atoms with E-state index in [9.17, 15) is 4.79 Å². The maximum atomic E-state index is 12.2. The fraction of sp³-hybridized carbons (Fsp3) is 0.462. The minimum absolute atomic E-state index is 0.214. The molecular formula is C13H17ClN4O. The minimum atomic E-state index is -0.220. The summed E-state index contributed by atoms with van der Waals surface area (Å²) in [5.41, 5.74) is 0.389. The van der Waals surface area contributed by atoms with E-state index in [0.29, 0.717) is 29.5 Å². The van der Waals surface area contributed by atoms with Gasteiger partial charge in [0, 0.05) is 26.3 Å². The molecule has 6 heteroatoms. The van der Waals surface area contributed by atoms with Gasteiger partial charge in [0.25, 0.3) is 5.91 Å². The molecule has 0 saturated heterocycles. The molecule has 0 saturated carbocycles.